The summed E-state index contributed by atoms with van der Waals surface area (Å²) in [5, 5.41) is 0. The Balaban J connectivity index is 1.97. The van der Waals surface area contributed by atoms with E-state index in [4.69, 9.17) is 5.73 Å². The number of benzene rings is 1. The van der Waals surface area contributed by atoms with Gasteiger partial charge in [-0.3, -0.25) is 19.5 Å². The van der Waals surface area contributed by atoms with E-state index in [1.54, 1.807) is 36.5 Å². The van der Waals surface area contributed by atoms with Crippen molar-refractivity contribution in [2.24, 2.45) is 0 Å². The molecule has 5 heteroatoms. The largest absolute Gasteiger partial charge is 0.398 e. The molecule has 0 saturated carbocycles. The first-order chi connectivity index (χ1) is 9.18. The Kier molecular flexibility index (Phi) is 2.52. The maximum absolute atomic E-state index is 12.2. The van der Waals surface area contributed by atoms with Gasteiger partial charge in [-0.15, -0.1) is 0 Å². The van der Waals surface area contributed by atoms with Crippen LogP contribution in [0.25, 0.3) is 0 Å². The fourth-order valence-corrected chi connectivity index (χ4v) is 2.16. The van der Waals surface area contributed by atoms with Crippen molar-refractivity contribution in [2.45, 2.75) is 6.54 Å². The number of hydrogen-bond acceptors (Lipinski definition) is 4. The maximum Gasteiger partial charge on any atom is 0.264 e. The summed E-state index contributed by atoms with van der Waals surface area (Å²) in [4.78, 5) is 29.7. The highest BCUT2D eigenvalue weighted by Crippen LogP contribution is 2.28. The molecule has 1 aromatic carbocycles. The molecule has 5 nitrogen and oxygen atoms in total. The number of hydrogen-bond donors (Lipinski definition) is 1. The summed E-state index contributed by atoms with van der Waals surface area (Å²) in [5.41, 5.74) is 7.42. The Bertz CT molecular complexity index is 668. The van der Waals surface area contributed by atoms with Crippen LogP contribution >= 0.6 is 0 Å². The number of carbonyl (C=O) groups is 2. The van der Waals surface area contributed by atoms with Gasteiger partial charge in [-0.1, -0.05) is 12.1 Å². The van der Waals surface area contributed by atoms with Crippen LogP contribution in [0, 0.1) is 0 Å². The molecule has 1 aliphatic rings. The van der Waals surface area contributed by atoms with Crippen molar-refractivity contribution >= 4 is 17.5 Å². The fourth-order valence-electron chi connectivity index (χ4n) is 2.16. The lowest BCUT2D eigenvalue weighted by Crippen LogP contribution is -2.29. The quantitative estimate of drug-likeness (QED) is 0.649. The number of fused-ring (bicyclic) bond motifs is 1. The fraction of sp³-hybridized carbons (Fsp3) is 0.0714. The van der Waals surface area contributed by atoms with Gasteiger partial charge in [-0.2, -0.15) is 0 Å². The summed E-state index contributed by atoms with van der Waals surface area (Å²) < 4.78 is 0. The number of amides is 2. The first kappa shape index (κ1) is 11.4. The molecule has 0 bridgehead atoms. The second-order valence-electron chi connectivity index (χ2n) is 4.29. The maximum atomic E-state index is 12.2. The van der Waals surface area contributed by atoms with Crippen LogP contribution in [0.2, 0.25) is 0 Å². The lowest BCUT2D eigenvalue weighted by molar-refractivity contribution is 0.0641. The molecule has 0 atom stereocenters. The van der Waals surface area contributed by atoms with E-state index in [0.717, 1.165) is 0 Å². The molecule has 2 aromatic rings. The first-order valence-corrected chi connectivity index (χ1v) is 5.83. The number of nitrogen functional groups attached to an aromatic ring is 1. The highest BCUT2D eigenvalue weighted by atomic mass is 16.2. The molecule has 0 unspecified atom stereocenters. The average Bonchev–Trinajstić information content (AvgIpc) is 2.66. The van der Waals surface area contributed by atoms with Gasteiger partial charge in [0.25, 0.3) is 11.8 Å². The van der Waals surface area contributed by atoms with Gasteiger partial charge in [0.15, 0.2) is 0 Å². The molecule has 94 valence electrons. The van der Waals surface area contributed by atoms with Crippen LogP contribution in [0.4, 0.5) is 5.69 Å². The van der Waals surface area contributed by atoms with E-state index >= 15 is 0 Å². The number of nitrogens with zero attached hydrogens (tertiary/aromatic N) is 2. The predicted octanol–water partition coefficient (Wildman–Crippen LogP) is 1.46. The molecule has 2 heterocycles. The molecule has 0 radical (unpaired) electrons. The number of carbonyl (C=O) groups excluding carboxylic acids is 2. The van der Waals surface area contributed by atoms with Crippen LogP contribution in [0.15, 0.2) is 42.6 Å². The minimum Gasteiger partial charge on any atom is -0.398 e. The van der Waals surface area contributed by atoms with E-state index in [2.05, 4.69) is 4.98 Å². The van der Waals surface area contributed by atoms with Crippen molar-refractivity contribution in [1.82, 2.24) is 9.88 Å². The van der Waals surface area contributed by atoms with Gasteiger partial charge in [0.05, 0.1) is 23.4 Å². The molecule has 3 rings (SSSR count). The summed E-state index contributed by atoms with van der Waals surface area (Å²) in [6.07, 6.45) is 1.63. The van der Waals surface area contributed by atoms with E-state index in [9.17, 15) is 9.59 Å². The first-order valence-electron chi connectivity index (χ1n) is 5.83. The third kappa shape index (κ3) is 1.76. The number of pyridine rings is 1. The molecular formula is C14H11N3O2. The zero-order valence-electron chi connectivity index (χ0n) is 10.0. The molecule has 0 aliphatic carbocycles. The average molecular weight is 253 g/mol. The van der Waals surface area contributed by atoms with E-state index in [-0.39, 0.29) is 18.4 Å². The second-order valence-corrected chi connectivity index (χ2v) is 4.29. The number of imide groups is 1. The standard InChI is InChI=1S/C14H11N3O2/c15-11-6-3-5-10-12(11)14(19)17(13(10)18)8-9-4-1-2-7-16-9/h1-7H,8,15H2. The van der Waals surface area contributed by atoms with Crippen LogP contribution in [0.3, 0.4) is 0 Å². The molecule has 0 saturated heterocycles. The summed E-state index contributed by atoms with van der Waals surface area (Å²) in [5.74, 6) is -0.679. The van der Waals surface area contributed by atoms with Crippen molar-refractivity contribution < 1.29 is 9.59 Å². The third-order valence-corrected chi connectivity index (χ3v) is 3.08. The van der Waals surface area contributed by atoms with Gasteiger partial charge in [0, 0.05) is 11.9 Å². The highest BCUT2D eigenvalue weighted by molar-refractivity contribution is 6.23. The van der Waals surface area contributed by atoms with Crippen molar-refractivity contribution in [3.8, 4) is 0 Å². The minimum absolute atomic E-state index is 0.159. The van der Waals surface area contributed by atoms with Crippen LogP contribution in [0.1, 0.15) is 26.4 Å². The minimum atomic E-state index is -0.358. The Hall–Kier alpha value is -2.69. The number of rotatable bonds is 2. The van der Waals surface area contributed by atoms with Crippen LogP contribution < -0.4 is 5.73 Å². The summed E-state index contributed by atoms with van der Waals surface area (Å²) >= 11 is 0. The van der Waals surface area contributed by atoms with E-state index in [1.165, 1.54) is 4.90 Å². The Morgan fingerprint density at radius 3 is 2.58 bits per heavy atom. The molecule has 2 N–H and O–H groups in total. The molecule has 2 amide bonds. The lowest BCUT2D eigenvalue weighted by Gasteiger charge is -2.12. The van der Waals surface area contributed by atoms with Crippen molar-refractivity contribution in [1.29, 1.82) is 0 Å². The summed E-state index contributed by atoms with van der Waals surface area (Å²) in [7, 11) is 0. The van der Waals surface area contributed by atoms with Crippen LogP contribution in [-0.2, 0) is 6.54 Å². The van der Waals surface area contributed by atoms with Crippen molar-refractivity contribution in [3.63, 3.8) is 0 Å². The number of nitrogens with two attached hydrogens (primary N) is 1. The van der Waals surface area contributed by atoms with Crippen molar-refractivity contribution in [3.05, 3.63) is 59.4 Å². The molecule has 19 heavy (non-hydrogen) atoms. The highest BCUT2D eigenvalue weighted by Gasteiger charge is 2.36. The van der Waals surface area contributed by atoms with E-state index < -0.39 is 0 Å². The summed E-state index contributed by atoms with van der Waals surface area (Å²) in [6.45, 7) is 0.159. The molecule has 0 fully saturated rings. The van der Waals surface area contributed by atoms with Gasteiger partial charge in [0.1, 0.15) is 0 Å². The van der Waals surface area contributed by atoms with Gasteiger partial charge in [-0.25, -0.2) is 0 Å². The lowest BCUT2D eigenvalue weighted by atomic mass is 10.1. The SMILES string of the molecule is Nc1cccc2c1C(=O)N(Cc1ccccn1)C2=O. The normalized spacial score (nSPS) is 13.8. The number of aromatic nitrogens is 1. The molecule has 1 aliphatic heterocycles. The number of anilines is 1. The van der Waals surface area contributed by atoms with Gasteiger partial charge >= 0.3 is 0 Å². The Morgan fingerprint density at radius 1 is 1.05 bits per heavy atom. The van der Waals surface area contributed by atoms with Gasteiger partial charge < -0.3 is 5.73 Å². The smallest absolute Gasteiger partial charge is 0.264 e. The van der Waals surface area contributed by atoms with Gasteiger partial charge in [0.2, 0.25) is 0 Å². The monoisotopic (exact) mass is 253 g/mol. The van der Waals surface area contributed by atoms with Crippen molar-refractivity contribution in [2.75, 3.05) is 5.73 Å². The van der Waals surface area contributed by atoms with Crippen LogP contribution in [0.5, 0.6) is 0 Å². The Morgan fingerprint density at radius 2 is 1.89 bits per heavy atom. The molecule has 0 spiro atoms. The molecular weight excluding hydrogens is 242 g/mol. The van der Waals surface area contributed by atoms with E-state index in [1.807, 2.05) is 6.07 Å². The topological polar surface area (TPSA) is 76.3 Å². The second kappa shape index (κ2) is 4.20. The third-order valence-electron chi connectivity index (χ3n) is 3.08. The summed E-state index contributed by atoms with van der Waals surface area (Å²) in [6, 6.07) is 10.3. The zero-order valence-corrected chi connectivity index (χ0v) is 10.0. The molecule has 1 aromatic heterocycles. The van der Waals surface area contributed by atoms with Crippen LogP contribution in [-0.4, -0.2) is 21.7 Å². The predicted molar refractivity (Wildman–Crippen MR) is 69.3 cm³/mol. The van der Waals surface area contributed by atoms with Gasteiger partial charge in [-0.05, 0) is 24.3 Å². The Labute approximate surface area is 109 Å². The van der Waals surface area contributed by atoms with E-state index in [0.29, 0.717) is 22.5 Å². The zero-order chi connectivity index (χ0) is 13.4.